The first-order valence-corrected chi connectivity index (χ1v) is 7.34. The van der Waals surface area contributed by atoms with Crippen molar-refractivity contribution in [1.29, 1.82) is 0 Å². The molecule has 0 unspecified atom stereocenters. The van der Waals surface area contributed by atoms with E-state index in [4.69, 9.17) is 11.0 Å². The van der Waals surface area contributed by atoms with Crippen molar-refractivity contribution in [1.82, 2.24) is 0 Å². The standard InChI is InChI=1S/C10H21OSi/c1-8-9(2)11-12(6,7)10(3,4)5/h1,8-9H,2-7H3/q+1/t9-/m1/s1. The van der Waals surface area contributed by atoms with Crippen LogP contribution in [-0.4, -0.2) is 14.4 Å². The fourth-order valence-electron chi connectivity index (χ4n) is 0.681. The third kappa shape index (κ3) is 3.06. The van der Waals surface area contributed by atoms with Gasteiger partial charge in [-0.1, -0.05) is 20.8 Å². The Hall–Kier alpha value is -0.173. The van der Waals surface area contributed by atoms with Crippen molar-refractivity contribution in [2.45, 2.75) is 51.9 Å². The maximum atomic E-state index is 5.91. The fourth-order valence-corrected chi connectivity index (χ4v) is 2.04. The van der Waals surface area contributed by atoms with E-state index in [0.29, 0.717) is 0 Å². The van der Waals surface area contributed by atoms with Crippen LogP contribution in [0.2, 0.25) is 18.1 Å². The molecule has 0 aromatic carbocycles. The second-order valence-electron chi connectivity index (χ2n) is 4.78. The van der Waals surface area contributed by atoms with Crippen molar-refractivity contribution >= 4 is 8.32 Å². The van der Waals surface area contributed by atoms with Gasteiger partial charge in [-0.05, 0) is 25.1 Å². The van der Waals surface area contributed by atoms with Crippen LogP contribution >= 0.6 is 0 Å². The third-order valence-corrected chi connectivity index (χ3v) is 7.13. The van der Waals surface area contributed by atoms with Gasteiger partial charge in [0.1, 0.15) is 6.10 Å². The molecule has 0 N–H and O–H groups in total. The van der Waals surface area contributed by atoms with Gasteiger partial charge in [0, 0.05) is 0 Å². The SMILES string of the molecule is [CH+]=C[C@@H](C)O[Si](C)(C)C(C)(C)C. The van der Waals surface area contributed by atoms with E-state index >= 15 is 0 Å². The molecule has 0 aromatic heterocycles. The molecule has 0 rings (SSSR count). The summed E-state index contributed by atoms with van der Waals surface area (Å²) >= 11 is 0. The van der Waals surface area contributed by atoms with Gasteiger partial charge in [-0.2, -0.15) is 0 Å². The van der Waals surface area contributed by atoms with Gasteiger partial charge < -0.3 is 4.43 Å². The van der Waals surface area contributed by atoms with E-state index in [9.17, 15) is 0 Å². The highest BCUT2D eigenvalue weighted by Gasteiger charge is 2.38. The zero-order chi connectivity index (χ0) is 9.99. The lowest BCUT2D eigenvalue weighted by Crippen LogP contribution is -2.42. The Morgan fingerprint density at radius 1 is 1.33 bits per heavy atom. The first kappa shape index (κ1) is 11.8. The minimum Gasteiger partial charge on any atom is -0.406 e. The van der Waals surface area contributed by atoms with E-state index in [1.807, 2.05) is 6.92 Å². The molecule has 1 atom stereocenters. The molecule has 0 radical (unpaired) electrons. The number of hydrogen-bond acceptors (Lipinski definition) is 1. The lowest BCUT2D eigenvalue weighted by Gasteiger charge is -2.37. The zero-order valence-electron chi connectivity index (χ0n) is 9.14. The van der Waals surface area contributed by atoms with Crippen molar-refractivity contribution in [2.24, 2.45) is 0 Å². The Morgan fingerprint density at radius 3 is 2.00 bits per heavy atom. The topological polar surface area (TPSA) is 9.23 Å². The molecule has 0 amide bonds. The van der Waals surface area contributed by atoms with Crippen LogP contribution in [0.4, 0.5) is 0 Å². The average Bonchev–Trinajstić information content (AvgIpc) is 1.84. The lowest BCUT2D eigenvalue weighted by molar-refractivity contribution is 0.243. The van der Waals surface area contributed by atoms with Gasteiger partial charge in [-0.15, -0.1) is 0 Å². The van der Waals surface area contributed by atoms with E-state index in [0.717, 1.165) is 0 Å². The molecule has 0 saturated heterocycles. The summed E-state index contributed by atoms with van der Waals surface area (Å²) in [6.45, 7) is 18.5. The van der Waals surface area contributed by atoms with E-state index in [2.05, 4.69) is 33.9 Å². The first-order chi connectivity index (χ1) is 5.20. The van der Waals surface area contributed by atoms with Crippen molar-refractivity contribution in [2.75, 3.05) is 0 Å². The van der Waals surface area contributed by atoms with Crippen molar-refractivity contribution in [3.8, 4) is 0 Å². The van der Waals surface area contributed by atoms with Gasteiger partial charge in [0.25, 0.3) is 0 Å². The normalized spacial score (nSPS) is 15.8. The number of rotatable bonds is 3. The molecule has 0 fully saturated rings. The summed E-state index contributed by atoms with van der Waals surface area (Å²) in [4.78, 5) is 0. The van der Waals surface area contributed by atoms with Crippen molar-refractivity contribution in [3.63, 3.8) is 0 Å². The Balaban J connectivity index is 4.32. The second kappa shape index (κ2) is 3.69. The average molecular weight is 185 g/mol. The molecule has 0 spiro atoms. The predicted molar refractivity (Wildman–Crippen MR) is 56.6 cm³/mol. The quantitative estimate of drug-likeness (QED) is 0.484. The summed E-state index contributed by atoms with van der Waals surface area (Å²) in [6, 6.07) is 0. The number of hydrogen-bond donors (Lipinski definition) is 0. The lowest BCUT2D eigenvalue weighted by atomic mass is 10.2. The molecule has 1 nitrogen and oxygen atoms in total. The van der Waals surface area contributed by atoms with Crippen LogP contribution in [0.25, 0.3) is 0 Å². The van der Waals surface area contributed by atoms with E-state index in [1.165, 1.54) is 0 Å². The summed E-state index contributed by atoms with van der Waals surface area (Å²) in [5, 5.41) is 0.268. The maximum Gasteiger partial charge on any atom is 0.204 e. The smallest absolute Gasteiger partial charge is 0.204 e. The highest BCUT2D eigenvalue weighted by atomic mass is 28.4. The summed E-state index contributed by atoms with van der Waals surface area (Å²) in [7, 11) is -1.60. The summed E-state index contributed by atoms with van der Waals surface area (Å²) in [5.41, 5.74) is 0. The predicted octanol–water partition coefficient (Wildman–Crippen LogP) is 3.39. The third-order valence-electron chi connectivity index (χ3n) is 2.56. The van der Waals surface area contributed by atoms with Crippen LogP contribution in [0.15, 0.2) is 6.08 Å². The van der Waals surface area contributed by atoms with Crippen molar-refractivity contribution < 1.29 is 4.43 Å². The molecule has 0 aromatic rings. The molecule has 0 aliphatic heterocycles. The largest absolute Gasteiger partial charge is 0.406 e. The maximum absolute atomic E-state index is 5.91. The van der Waals surface area contributed by atoms with Gasteiger partial charge >= 0.3 is 0 Å². The van der Waals surface area contributed by atoms with E-state index in [1.54, 1.807) is 6.08 Å². The molecule has 0 aliphatic carbocycles. The highest BCUT2D eigenvalue weighted by Crippen LogP contribution is 2.37. The second-order valence-corrected chi connectivity index (χ2v) is 9.53. The van der Waals surface area contributed by atoms with Crippen LogP contribution in [0.5, 0.6) is 0 Å². The monoisotopic (exact) mass is 185 g/mol. The molecule has 0 bridgehead atoms. The van der Waals surface area contributed by atoms with E-state index < -0.39 is 8.32 Å². The molecular weight excluding hydrogens is 164 g/mol. The van der Waals surface area contributed by atoms with Crippen LogP contribution in [0.3, 0.4) is 0 Å². The molecule has 12 heavy (non-hydrogen) atoms. The highest BCUT2D eigenvalue weighted by molar-refractivity contribution is 6.74. The molecular formula is C10H21OSi+. The van der Waals surface area contributed by atoms with Crippen LogP contribution < -0.4 is 0 Å². The Labute approximate surface area is 78.0 Å². The van der Waals surface area contributed by atoms with Gasteiger partial charge in [0.15, 0.2) is 14.4 Å². The Kier molecular flexibility index (Phi) is 3.64. The van der Waals surface area contributed by atoms with Crippen molar-refractivity contribution in [3.05, 3.63) is 12.7 Å². The molecule has 0 aliphatic rings. The van der Waals surface area contributed by atoms with E-state index in [-0.39, 0.29) is 11.1 Å². The van der Waals surface area contributed by atoms with Gasteiger partial charge in [-0.3, -0.25) is 0 Å². The molecule has 0 heterocycles. The van der Waals surface area contributed by atoms with Crippen LogP contribution in [0.1, 0.15) is 27.7 Å². The summed E-state index contributed by atoms with van der Waals surface area (Å²) in [5.74, 6) is 0. The van der Waals surface area contributed by atoms with Gasteiger partial charge in [0.2, 0.25) is 6.58 Å². The summed E-state index contributed by atoms with van der Waals surface area (Å²) < 4.78 is 5.91. The Morgan fingerprint density at radius 2 is 1.75 bits per heavy atom. The zero-order valence-corrected chi connectivity index (χ0v) is 10.1. The van der Waals surface area contributed by atoms with Gasteiger partial charge in [0.05, 0.1) is 0 Å². The van der Waals surface area contributed by atoms with Crippen LogP contribution in [-0.2, 0) is 4.43 Å². The molecule has 2 heteroatoms. The Bertz CT molecular complexity index is 156. The fraction of sp³-hybridized carbons (Fsp3) is 0.800. The van der Waals surface area contributed by atoms with Crippen LogP contribution in [0, 0.1) is 6.58 Å². The summed E-state index contributed by atoms with van der Waals surface area (Å²) in [6.07, 6.45) is 1.69. The van der Waals surface area contributed by atoms with Gasteiger partial charge in [-0.25, -0.2) is 0 Å². The minimum absolute atomic E-state index is 0.0749. The molecule has 70 valence electrons. The minimum atomic E-state index is -1.60. The molecule has 0 saturated carbocycles. The first-order valence-electron chi connectivity index (χ1n) is 4.43.